The molecule has 2 aromatic rings. The second-order valence-corrected chi connectivity index (χ2v) is 7.61. The summed E-state index contributed by atoms with van der Waals surface area (Å²) < 4.78 is 0. The highest BCUT2D eigenvalue weighted by Gasteiger charge is 2.30. The number of amidine groups is 1. The average molecular weight is 366 g/mol. The van der Waals surface area contributed by atoms with Crippen LogP contribution in [0, 0.1) is 6.92 Å². The molecular weight excluding hydrogens is 344 g/mol. The Morgan fingerprint density at radius 1 is 1.12 bits per heavy atom. The van der Waals surface area contributed by atoms with Gasteiger partial charge in [0.05, 0.1) is 11.5 Å². The fourth-order valence-electron chi connectivity index (χ4n) is 2.53. The molecule has 1 saturated heterocycles. The van der Waals surface area contributed by atoms with Crippen molar-refractivity contribution >= 4 is 34.7 Å². The Morgan fingerprint density at radius 3 is 2.46 bits per heavy atom. The van der Waals surface area contributed by atoms with E-state index in [4.69, 9.17) is 0 Å². The summed E-state index contributed by atoms with van der Waals surface area (Å²) >= 11 is 1.43. The molecule has 1 fully saturated rings. The van der Waals surface area contributed by atoms with Crippen molar-refractivity contribution in [3.05, 3.63) is 65.2 Å². The Kier molecular flexibility index (Phi) is 5.73. The Balaban J connectivity index is 1.59. The second-order valence-electron chi connectivity index (χ2n) is 6.42. The summed E-state index contributed by atoms with van der Waals surface area (Å²) in [5, 5.41) is 11.4. The molecule has 1 atom stereocenters. The molecule has 2 aromatic carbocycles. The predicted molar refractivity (Wildman–Crippen MR) is 110 cm³/mol. The van der Waals surface area contributed by atoms with Crippen molar-refractivity contribution in [2.45, 2.75) is 18.6 Å². The Morgan fingerprint density at radius 2 is 1.81 bits per heavy atom. The molecular formula is C20H22N4OS. The molecule has 0 bridgehead atoms. The minimum atomic E-state index is -0.161. The number of amides is 1. The summed E-state index contributed by atoms with van der Waals surface area (Å²) in [7, 11) is 4.00. The van der Waals surface area contributed by atoms with Gasteiger partial charge in [-0.2, -0.15) is 5.10 Å². The lowest BCUT2D eigenvalue weighted by molar-refractivity contribution is -0.118. The lowest BCUT2D eigenvalue weighted by Gasteiger charge is -2.11. The quantitative estimate of drug-likeness (QED) is 0.653. The third-order valence-electron chi connectivity index (χ3n) is 4.08. The van der Waals surface area contributed by atoms with Crippen LogP contribution in [0.15, 0.2) is 58.7 Å². The molecule has 1 N–H and O–H groups in total. The largest absolute Gasteiger partial charge is 0.378 e. The number of nitrogens with zero attached hydrogens (tertiary/aromatic N) is 3. The van der Waals surface area contributed by atoms with Crippen molar-refractivity contribution in [1.82, 2.24) is 5.32 Å². The SMILES string of the molecule is Cc1ccc(CC2S/C(=N\N=C\c3ccc(N(C)C)cc3)NC2=O)cc1. The maximum Gasteiger partial charge on any atom is 0.239 e. The highest BCUT2D eigenvalue weighted by atomic mass is 32.2. The Hall–Kier alpha value is -2.60. The van der Waals surface area contributed by atoms with E-state index < -0.39 is 0 Å². The maximum atomic E-state index is 12.1. The molecule has 26 heavy (non-hydrogen) atoms. The molecule has 6 heteroatoms. The van der Waals surface area contributed by atoms with Gasteiger partial charge in [0.1, 0.15) is 0 Å². The van der Waals surface area contributed by atoms with E-state index in [-0.39, 0.29) is 11.2 Å². The van der Waals surface area contributed by atoms with Crippen molar-refractivity contribution in [3.63, 3.8) is 0 Å². The van der Waals surface area contributed by atoms with E-state index in [1.54, 1.807) is 6.21 Å². The molecule has 5 nitrogen and oxygen atoms in total. The molecule has 0 radical (unpaired) electrons. The normalized spacial score (nSPS) is 18.5. The first-order valence-corrected chi connectivity index (χ1v) is 9.31. The van der Waals surface area contributed by atoms with Gasteiger partial charge < -0.3 is 10.2 Å². The number of hydrogen-bond acceptors (Lipinski definition) is 5. The van der Waals surface area contributed by atoms with Gasteiger partial charge in [-0.25, -0.2) is 0 Å². The molecule has 1 amide bonds. The zero-order valence-corrected chi connectivity index (χ0v) is 16.0. The first kappa shape index (κ1) is 18.2. The van der Waals surface area contributed by atoms with Gasteiger partial charge in [0.2, 0.25) is 5.91 Å². The molecule has 1 heterocycles. The van der Waals surface area contributed by atoms with Crippen LogP contribution in [0.1, 0.15) is 16.7 Å². The van der Waals surface area contributed by atoms with Crippen molar-refractivity contribution < 1.29 is 4.79 Å². The molecule has 0 aromatic heterocycles. The van der Waals surface area contributed by atoms with Crippen LogP contribution in [0.5, 0.6) is 0 Å². The first-order valence-electron chi connectivity index (χ1n) is 8.43. The van der Waals surface area contributed by atoms with E-state index in [1.165, 1.54) is 17.3 Å². The van der Waals surface area contributed by atoms with E-state index in [9.17, 15) is 4.79 Å². The van der Waals surface area contributed by atoms with Crippen molar-refractivity contribution in [1.29, 1.82) is 0 Å². The van der Waals surface area contributed by atoms with Crippen LogP contribution in [-0.4, -0.2) is 36.6 Å². The van der Waals surface area contributed by atoms with Gasteiger partial charge in [0.25, 0.3) is 0 Å². The van der Waals surface area contributed by atoms with Gasteiger partial charge in [0.15, 0.2) is 5.17 Å². The van der Waals surface area contributed by atoms with Crippen LogP contribution in [0.25, 0.3) is 0 Å². The standard InChI is InChI=1S/C20H22N4OS/c1-14-4-6-15(7-5-14)12-18-19(25)22-20(26-18)23-21-13-16-8-10-17(11-9-16)24(2)3/h4-11,13,18H,12H2,1-3H3,(H,22,23,25)/b21-13+. The van der Waals surface area contributed by atoms with Crippen molar-refractivity contribution in [2.24, 2.45) is 10.2 Å². The lowest BCUT2D eigenvalue weighted by Crippen LogP contribution is -2.25. The third kappa shape index (κ3) is 4.73. The monoisotopic (exact) mass is 366 g/mol. The van der Waals surface area contributed by atoms with Crippen LogP contribution in [0.3, 0.4) is 0 Å². The second kappa shape index (κ2) is 8.19. The smallest absolute Gasteiger partial charge is 0.239 e. The number of nitrogens with one attached hydrogen (secondary N) is 1. The molecule has 3 rings (SSSR count). The number of aryl methyl sites for hydroxylation is 1. The summed E-state index contributed by atoms with van der Waals surface area (Å²) in [6.07, 6.45) is 2.37. The first-order chi connectivity index (χ1) is 12.5. The van der Waals surface area contributed by atoms with E-state index in [2.05, 4.69) is 46.7 Å². The number of thioether (sulfide) groups is 1. The molecule has 134 valence electrons. The van der Waals surface area contributed by atoms with Crippen LogP contribution in [0.2, 0.25) is 0 Å². The highest BCUT2D eigenvalue weighted by molar-refractivity contribution is 8.15. The van der Waals surface area contributed by atoms with Gasteiger partial charge in [0, 0.05) is 19.8 Å². The number of benzene rings is 2. The lowest BCUT2D eigenvalue weighted by atomic mass is 10.1. The molecule has 0 aliphatic carbocycles. The summed E-state index contributed by atoms with van der Waals surface area (Å²) in [5.74, 6) is -0.0140. The minimum Gasteiger partial charge on any atom is -0.378 e. The van der Waals surface area contributed by atoms with Crippen molar-refractivity contribution in [2.75, 3.05) is 19.0 Å². The van der Waals surface area contributed by atoms with Crippen molar-refractivity contribution in [3.8, 4) is 0 Å². The fourth-order valence-corrected chi connectivity index (χ4v) is 3.50. The fraction of sp³-hybridized carbons (Fsp3) is 0.250. The summed E-state index contributed by atoms with van der Waals surface area (Å²) in [4.78, 5) is 14.2. The van der Waals surface area contributed by atoms with Crippen LogP contribution in [0.4, 0.5) is 5.69 Å². The molecule has 0 saturated carbocycles. The van der Waals surface area contributed by atoms with E-state index in [1.807, 2.05) is 43.3 Å². The molecule has 0 spiro atoms. The summed E-state index contributed by atoms with van der Waals surface area (Å²) in [6, 6.07) is 16.3. The number of anilines is 1. The Bertz CT molecular complexity index is 826. The number of carbonyl (C=O) groups is 1. The molecule has 1 aliphatic rings. The van der Waals surface area contributed by atoms with Crippen LogP contribution in [-0.2, 0) is 11.2 Å². The number of hydrogen-bond donors (Lipinski definition) is 1. The van der Waals surface area contributed by atoms with Gasteiger partial charge >= 0.3 is 0 Å². The van der Waals surface area contributed by atoms with Gasteiger partial charge in [-0.05, 0) is 36.6 Å². The molecule has 1 unspecified atom stereocenters. The zero-order chi connectivity index (χ0) is 18.5. The minimum absolute atomic E-state index is 0.0140. The maximum absolute atomic E-state index is 12.1. The van der Waals surface area contributed by atoms with E-state index in [0.717, 1.165) is 16.8 Å². The van der Waals surface area contributed by atoms with Gasteiger partial charge in [-0.3, -0.25) is 4.79 Å². The summed E-state index contributed by atoms with van der Waals surface area (Å²) in [5.41, 5.74) is 4.46. The van der Waals surface area contributed by atoms with E-state index >= 15 is 0 Å². The Labute approximate surface area is 158 Å². The highest BCUT2D eigenvalue weighted by Crippen LogP contribution is 2.23. The van der Waals surface area contributed by atoms with E-state index in [0.29, 0.717) is 11.6 Å². The van der Waals surface area contributed by atoms with Gasteiger partial charge in [-0.1, -0.05) is 53.7 Å². The van der Waals surface area contributed by atoms with Crippen LogP contribution < -0.4 is 10.2 Å². The predicted octanol–water partition coefficient (Wildman–Crippen LogP) is 3.23. The topological polar surface area (TPSA) is 57.1 Å². The van der Waals surface area contributed by atoms with Gasteiger partial charge in [-0.15, -0.1) is 5.10 Å². The number of carbonyl (C=O) groups excluding carboxylic acids is 1. The molecule has 1 aliphatic heterocycles. The van der Waals surface area contributed by atoms with Crippen LogP contribution >= 0.6 is 11.8 Å². The third-order valence-corrected chi connectivity index (χ3v) is 5.16. The zero-order valence-electron chi connectivity index (χ0n) is 15.1. The summed E-state index contributed by atoms with van der Waals surface area (Å²) in [6.45, 7) is 2.05. The average Bonchev–Trinajstić information content (AvgIpc) is 2.97. The number of rotatable bonds is 5.